The minimum absolute atomic E-state index is 0.0736. The van der Waals surface area contributed by atoms with Crippen molar-refractivity contribution in [1.29, 1.82) is 0 Å². The fourth-order valence-corrected chi connectivity index (χ4v) is 7.17. The zero-order chi connectivity index (χ0) is 30.0. The van der Waals surface area contributed by atoms with Crippen molar-refractivity contribution in [1.82, 2.24) is 19.4 Å². The summed E-state index contributed by atoms with van der Waals surface area (Å²) in [7, 11) is 3.12. The average molecular weight is 607 g/mol. The number of alkyl halides is 1. The Bertz CT molecular complexity index is 1670. The summed E-state index contributed by atoms with van der Waals surface area (Å²) >= 11 is 1.26. The van der Waals surface area contributed by atoms with Gasteiger partial charge in [-0.1, -0.05) is 48.1 Å². The Labute approximate surface area is 253 Å². The third-order valence-corrected chi connectivity index (χ3v) is 9.43. The highest BCUT2D eigenvalue weighted by molar-refractivity contribution is 7.18. The number of rotatable bonds is 8. The van der Waals surface area contributed by atoms with Crippen LogP contribution in [0.5, 0.6) is 11.5 Å². The van der Waals surface area contributed by atoms with Gasteiger partial charge in [0.2, 0.25) is 0 Å². The van der Waals surface area contributed by atoms with Crippen LogP contribution in [0.25, 0.3) is 10.3 Å². The van der Waals surface area contributed by atoms with Crippen LogP contribution >= 0.6 is 11.3 Å². The summed E-state index contributed by atoms with van der Waals surface area (Å²) in [6.07, 6.45) is 4.07. The van der Waals surface area contributed by atoms with Crippen molar-refractivity contribution in [3.63, 3.8) is 0 Å². The molecule has 2 aliphatic rings. The van der Waals surface area contributed by atoms with Gasteiger partial charge in [-0.15, -0.1) is 0 Å². The standard InChI is InChI=1S/C32H35FN4O5S/c1-40-23-14-13-22(25(18-23)41-2)19-37-29(38)26-28(35-30(37)32(33)15-7-4-8-16-32)43-27(34-26)24-12-9-17-36(24)31(39)42-20-21-10-5-3-6-11-21/h3,5-6,10-11,13-14,18,24H,4,7-9,12,15-17,19-20H2,1-2H3/t24-/m1/s1. The highest BCUT2D eigenvalue weighted by Crippen LogP contribution is 2.42. The van der Waals surface area contributed by atoms with Crippen LogP contribution in [0.1, 0.15) is 72.9 Å². The lowest BCUT2D eigenvalue weighted by Gasteiger charge is -2.30. The van der Waals surface area contributed by atoms with Gasteiger partial charge in [0.1, 0.15) is 23.1 Å². The van der Waals surface area contributed by atoms with Gasteiger partial charge in [0.25, 0.3) is 5.56 Å². The topological polar surface area (TPSA) is 95.8 Å². The third-order valence-electron chi connectivity index (χ3n) is 8.38. The van der Waals surface area contributed by atoms with E-state index in [0.29, 0.717) is 52.7 Å². The molecule has 0 N–H and O–H groups in total. The lowest BCUT2D eigenvalue weighted by molar-refractivity contribution is 0.0895. The van der Waals surface area contributed by atoms with Gasteiger partial charge in [-0.05, 0) is 56.2 Å². The Balaban J connectivity index is 1.36. The largest absolute Gasteiger partial charge is 0.497 e. The van der Waals surface area contributed by atoms with E-state index in [1.165, 1.54) is 15.9 Å². The number of hydrogen-bond donors (Lipinski definition) is 0. The molecule has 1 atom stereocenters. The summed E-state index contributed by atoms with van der Waals surface area (Å²) in [6, 6.07) is 14.5. The third kappa shape index (κ3) is 5.82. The molecule has 6 rings (SSSR count). The van der Waals surface area contributed by atoms with Crippen molar-refractivity contribution in [2.75, 3.05) is 20.8 Å². The Kier molecular flexibility index (Phi) is 8.34. The Hall–Kier alpha value is -3.99. The number of amides is 1. The van der Waals surface area contributed by atoms with E-state index < -0.39 is 17.3 Å². The van der Waals surface area contributed by atoms with Crippen molar-refractivity contribution >= 4 is 27.8 Å². The van der Waals surface area contributed by atoms with E-state index in [9.17, 15) is 9.59 Å². The predicted octanol–water partition coefficient (Wildman–Crippen LogP) is 6.52. The fraction of sp³-hybridized carbons (Fsp3) is 0.438. The lowest BCUT2D eigenvalue weighted by Crippen LogP contribution is -2.35. The second-order valence-corrected chi connectivity index (χ2v) is 12.1. The number of methoxy groups -OCH3 is 2. The van der Waals surface area contributed by atoms with Crippen molar-refractivity contribution in [2.45, 2.75) is 69.8 Å². The van der Waals surface area contributed by atoms with Crippen LogP contribution in [-0.4, -0.2) is 46.3 Å². The van der Waals surface area contributed by atoms with Crippen LogP contribution < -0.4 is 15.0 Å². The smallest absolute Gasteiger partial charge is 0.410 e. The van der Waals surface area contributed by atoms with Crippen LogP contribution in [0.2, 0.25) is 0 Å². The minimum atomic E-state index is -1.73. The molecule has 0 bridgehead atoms. The molecule has 2 aromatic heterocycles. The summed E-state index contributed by atoms with van der Waals surface area (Å²) in [5.41, 5.74) is -0.346. The quantitative estimate of drug-likeness (QED) is 0.225. The fourth-order valence-electron chi connectivity index (χ4n) is 6.09. The SMILES string of the molecule is COc1ccc(Cn2c(C3(F)CCCCC3)nc3sc([C@H]4CCCN4C(=O)OCc4ccccc4)nc3c2=O)c(OC)c1. The first-order valence-electron chi connectivity index (χ1n) is 14.7. The van der Waals surface area contributed by atoms with E-state index in [1.807, 2.05) is 36.4 Å². The van der Waals surface area contributed by atoms with Gasteiger partial charge >= 0.3 is 6.09 Å². The number of likely N-dealkylation sites (tertiary alicyclic amines) is 1. The maximum absolute atomic E-state index is 16.6. The van der Waals surface area contributed by atoms with Gasteiger partial charge in [0.15, 0.2) is 21.8 Å². The van der Waals surface area contributed by atoms with Gasteiger partial charge in [-0.2, -0.15) is 0 Å². The first-order valence-corrected chi connectivity index (χ1v) is 15.5. The van der Waals surface area contributed by atoms with Gasteiger partial charge in [-0.3, -0.25) is 14.3 Å². The first kappa shape index (κ1) is 29.1. The number of fused-ring (bicyclic) bond motifs is 1. The van der Waals surface area contributed by atoms with E-state index >= 15 is 4.39 Å². The molecule has 1 amide bonds. The van der Waals surface area contributed by atoms with Crippen LogP contribution in [0.4, 0.5) is 9.18 Å². The molecule has 226 valence electrons. The van der Waals surface area contributed by atoms with E-state index in [4.69, 9.17) is 24.2 Å². The number of thiazole rings is 1. The molecule has 11 heteroatoms. The number of carbonyl (C=O) groups is 1. The van der Waals surface area contributed by atoms with Crippen molar-refractivity contribution in [3.8, 4) is 11.5 Å². The number of nitrogens with zero attached hydrogens (tertiary/aromatic N) is 4. The molecule has 4 aromatic rings. The van der Waals surface area contributed by atoms with Crippen LogP contribution in [0.15, 0.2) is 53.3 Å². The molecule has 9 nitrogen and oxygen atoms in total. The normalized spacial score (nSPS) is 18.1. The highest BCUT2D eigenvalue weighted by Gasteiger charge is 2.40. The average Bonchev–Trinajstić information content (AvgIpc) is 3.70. The summed E-state index contributed by atoms with van der Waals surface area (Å²) in [5, 5.41) is 0.607. The highest BCUT2D eigenvalue weighted by atomic mass is 32.1. The summed E-state index contributed by atoms with van der Waals surface area (Å²) in [6.45, 7) is 0.776. The number of ether oxygens (including phenoxy) is 3. The van der Waals surface area contributed by atoms with Crippen molar-refractivity contribution < 1.29 is 23.4 Å². The molecule has 0 spiro atoms. The second-order valence-electron chi connectivity index (χ2n) is 11.1. The number of halogens is 1. The van der Waals surface area contributed by atoms with Crippen molar-refractivity contribution in [2.24, 2.45) is 0 Å². The zero-order valence-electron chi connectivity index (χ0n) is 24.4. The second kappa shape index (κ2) is 12.3. The maximum atomic E-state index is 16.6. The van der Waals surface area contributed by atoms with Gasteiger partial charge < -0.3 is 14.2 Å². The monoisotopic (exact) mass is 606 g/mol. The molecular formula is C32H35FN4O5S. The predicted molar refractivity (Wildman–Crippen MR) is 162 cm³/mol. The van der Waals surface area contributed by atoms with E-state index in [0.717, 1.165) is 31.2 Å². The molecule has 1 saturated heterocycles. The van der Waals surface area contributed by atoms with Gasteiger partial charge in [0.05, 0.1) is 26.8 Å². The van der Waals surface area contributed by atoms with E-state index in [1.54, 1.807) is 31.3 Å². The molecule has 1 aliphatic heterocycles. The molecule has 2 fully saturated rings. The Morgan fingerprint density at radius 3 is 2.58 bits per heavy atom. The summed E-state index contributed by atoms with van der Waals surface area (Å²) in [4.78, 5) is 38.8. The van der Waals surface area contributed by atoms with Crippen LogP contribution in [0.3, 0.4) is 0 Å². The first-order chi connectivity index (χ1) is 20.9. The summed E-state index contributed by atoms with van der Waals surface area (Å²) in [5.74, 6) is 1.27. The number of carbonyl (C=O) groups excluding carboxylic acids is 1. The number of hydrogen-bond acceptors (Lipinski definition) is 8. The van der Waals surface area contributed by atoms with Crippen molar-refractivity contribution in [3.05, 3.63) is 80.8 Å². The minimum Gasteiger partial charge on any atom is -0.497 e. The number of benzene rings is 2. The molecule has 1 saturated carbocycles. The zero-order valence-corrected chi connectivity index (χ0v) is 25.2. The van der Waals surface area contributed by atoms with E-state index in [2.05, 4.69) is 0 Å². The maximum Gasteiger partial charge on any atom is 0.410 e. The van der Waals surface area contributed by atoms with Crippen LogP contribution in [-0.2, 0) is 23.6 Å². The lowest BCUT2D eigenvalue weighted by atomic mass is 9.85. The molecule has 1 aliphatic carbocycles. The molecule has 2 aromatic carbocycles. The molecular weight excluding hydrogens is 571 g/mol. The molecule has 0 radical (unpaired) electrons. The van der Waals surface area contributed by atoms with Gasteiger partial charge in [0, 0.05) is 18.2 Å². The van der Waals surface area contributed by atoms with Gasteiger partial charge in [-0.25, -0.2) is 19.2 Å². The number of aromatic nitrogens is 3. The molecule has 0 unspecified atom stereocenters. The van der Waals surface area contributed by atoms with Crippen LogP contribution in [0, 0.1) is 0 Å². The summed E-state index contributed by atoms with van der Waals surface area (Å²) < 4.78 is 34.6. The Morgan fingerprint density at radius 2 is 1.84 bits per heavy atom. The Morgan fingerprint density at radius 1 is 1.05 bits per heavy atom. The van der Waals surface area contributed by atoms with E-state index in [-0.39, 0.29) is 30.5 Å². The molecule has 43 heavy (non-hydrogen) atoms. The molecule has 3 heterocycles.